The van der Waals surface area contributed by atoms with Crippen molar-refractivity contribution in [1.82, 2.24) is 10.6 Å². The first kappa shape index (κ1) is 9.68. The SMILES string of the molecule is C=CC(=O)NCCC(=O)NC. The molecule has 0 aromatic carbocycles. The first-order chi connectivity index (χ1) is 5.20. The monoisotopic (exact) mass is 156 g/mol. The number of hydrogen-bond donors (Lipinski definition) is 2. The molecule has 62 valence electrons. The van der Waals surface area contributed by atoms with Gasteiger partial charge >= 0.3 is 0 Å². The molecule has 0 saturated carbocycles. The molecule has 0 spiro atoms. The van der Waals surface area contributed by atoms with E-state index >= 15 is 0 Å². The van der Waals surface area contributed by atoms with E-state index in [4.69, 9.17) is 0 Å². The number of hydrogen-bond acceptors (Lipinski definition) is 2. The lowest BCUT2D eigenvalue weighted by Crippen LogP contribution is -2.27. The third-order valence-corrected chi connectivity index (χ3v) is 1.12. The lowest BCUT2D eigenvalue weighted by atomic mass is 10.4. The molecule has 0 fully saturated rings. The standard InChI is InChI=1S/C7H12N2O2/c1-3-6(10)9-5-4-7(11)8-2/h3H,1,4-5H2,2H3,(H,8,11)(H,9,10). The van der Waals surface area contributed by atoms with Gasteiger partial charge in [0.2, 0.25) is 11.8 Å². The van der Waals surface area contributed by atoms with Crippen LogP contribution in [0.5, 0.6) is 0 Å². The smallest absolute Gasteiger partial charge is 0.243 e. The Kier molecular flexibility index (Phi) is 4.81. The molecule has 4 heteroatoms. The number of rotatable bonds is 4. The van der Waals surface area contributed by atoms with Gasteiger partial charge in [0.1, 0.15) is 0 Å². The van der Waals surface area contributed by atoms with E-state index in [0.717, 1.165) is 0 Å². The molecular weight excluding hydrogens is 144 g/mol. The van der Waals surface area contributed by atoms with Crippen LogP contribution >= 0.6 is 0 Å². The maximum atomic E-state index is 10.6. The quantitative estimate of drug-likeness (QED) is 0.535. The maximum absolute atomic E-state index is 10.6. The summed E-state index contributed by atoms with van der Waals surface area (Å²) in [5.74, 6) is -0.344. The summed E-state index contributed by atoms with van der Waals surface area (Å²) in [5, 5.41) is 4.92. The van der Waals surface area contributed by atoms with Crippen LogP contribution in [-0.2, 0) is 9.59 Å². The van der Waals surface area contributed by atoms with Gasteiger partial charge in [-0.25, -0.2) is 0 Å². The van der Waals surface area contributed by atoms with Gasteiger partial charge in [-0.3, -0.25) is 9.59 Å². The zero-order valence-electron chi connectivity index (χ0n) is 6.52. The van der Waals surface area contributed by atoms with Crippen molar-refractivity contribution in [3.05, 3.63) is 12.7 Å². The summed E-state index contributed by atoms with van der Waals surface area (Å²) in [6, 6.07) is 0. The van der Waals surface area contributed by atoms with E-state index in [0.29, 0.717) is 13.0 Å². The highest BCUT2D eigenvalue weighted by molar-refractivity contribution is 5.87. The Labute approximate surface area is 65.7 Å². The Balaban J connectivity index is 3.34. The second-order valence-electron chi connectivity index (χ2n) is 1.92. The molecule has 0 unspecified atom stereocenters. The van der Waals surface area contributed by atoms with Crippen molar-refractivity contribution in [2.75, 3.05) is 13.6 Å². The minimum atomic E-state index is -0.256. The zero-order chi connectivity index (χ0) is 8.69. The van der Waals surface area contributed by atoms with Gasteiger partial charge in [-0.15, -0.1) is 0 Å². The summed E-state index contributed by atoms with van der Waals surface area (Å²) in [7, 11) is 1.55. The average molecular weight is 156 g/mol. The lowest BCUT2D eigenvalue weighted by molar-refractivity contribution is -0.120. The van der Waals surface area contributed by atoms with E-state index in [-0.39, 0.29) is 11.8 Å². The molecule has 0 atom stereocenters. The fourth-order valence-electron chi connectivity index (χ4n) is 0.496. The summed E-state index contributed by atoms with van der Waals surface area (Å²) in [6.45, 7) is 3.62. The van der Waals surface area contributed by atoms with Gasteiger partial charge in [0.05, 0.1) is 0 Å². The predicted octanol–water partition coefficient (Wildman–Crippen LogP) is -0.575. The third-order valence-electron chi connectivity index (χ3n) is 1.12. The van der Waals surface area contributed by atoms with Gasteiger partial charge in [-0.2, -0.15) is 0 Å². The van der Waals surface area contributed by atoms with Crippen molar-refractivity contribution in [3.8, 4) is 0 Å². The van der Waals surface area contributed by atoms with Crippen LogP contribution in [-0.4, -0.2) is 25.4 Å². The lowest BCUT2D eigenvalue weighted by Gasteiger charge is -1.99. The molecular formula is C7H12N2O2. The fourth-order valence-corrected chi connectivity index (χ4v) is 0.496. The van der Waals surface area contributed by atoms with Gasteiger partial charge < -0.3 is 10.6 Å². The van der Waals surface area contributed by atoms with Crippen LogP contribution in [0.15, 0.2) is 12.7 Å². The molecule has 0 radical (unpaired) electrons. The van der Waals surface area contributed by atoms with Crippen LogP contribution < -0.4 is 10.6 Å². The van der Waals surface area contributed by atoms with Crippen molar-refractivity contribution >= 4 is 11.8 Å². The molecule has 0 rings (SSSR count). The van der Waals surface area contributed by atoms with Gasteiger partial charge in [-0.05, 0) is 6.08 Å². The number of carbonyl (C=O) groups excluding carboxylic acids is 2. The summed E-state index contributed by atoms with van der Waals surface area (Å²) >= 11 is 0. The highest BCUT2D eigenvalue weighted by atomic mass is 16.2. The Morgan fingerprint density at radius 2 is 2.18 bits per heavy atom. The molecule has 2 N–H and O–H groups in total. The molecule has 4 nitrogen and oxygen atoms in total. The van der Waals surface area contributed by atoms with Gasteiger partial charge in [0.25, 0.3) is 0 Å². The topological polar surface area (TPSA) is 58.2 Å². The largest absolute Gasteiger partial charge is 0.359 e. The normalized spacial score (nSPS) is 8.45. The molecule has 0 saturated heterocycles. The van der Waals surface area contributed by atoms with E-state index in [1.807, 2.05) is 0 Å². The Bertz CT molecular complexity index is 166. The first-order valence-corrected chi connectivity index (χ1v) is 3.31. The van der Waals surface area contributed by atoms with E-state index < -0.39 is 0 Å². The Morgan fingerprint density at radius 1 is 1.55 bits per heavy atom. The Morgan fingerprint density at radius 3 is 2.64 bits per heavy atom. The van der Waals surface area contributed by atoms with Crippen LogP contribution in [0.25, 0.3) is 0 Å². The van der Waals surface area contributed by atoms with E-state index in [2.05, 4.69) is 17.2 Å². The molecule has 11 heavy (non-hydrogen) atoms. The van der Waals surface area contributed by atoms with E-state index in [9.17, 15) is 9.59 Å². The zero-order valence-corrected chi connectivity index (χ0v) is 6.52. The van der Waals surface area contributed by atoms with E-state index in [1.54, 1.807) is 7.05 Å². The van der Waals surface area contributed by atoms with E-state index in [1.165, 1.54) is 6.08 Å². The molecule has 0 aromatic rings. The van der Waals surface area contributed by atoms with Crippen molar-refractivity contribution in [2.45, 2.75) is 6.42 Å². The number of amides is 2. The van der Waals surface area contributed by atoms with Crippen molar-refractivity contribution < 1.29 is 9.59 Å². The summed E-state index contributed by atoms with van der Waals surface area (Å²) in [6.07, 6.45) is 1.47. The summed E-state index contributed by atoms with van der Waals surface area (Å²) in [5.41, 5.74) is 0. The molecule has 0 aliphatic rings. The van der Waals surface area contributed by atoms with Gasteiger partial charge in [-0.1, -0.05) is 6.58 Å². The van der Waals surface area contributed by atoms with Crippen molar-refractivity contribution in [3.63, 3.8) is 0 Å². The predicted molar refractivity (Wildman–Crippen MR) is 41.9 cm³/mol. The summed E-state index contributed by atoms with van der Waals surface area (Å²) < 4.78 is 0. The van der Waals surface area contributed by atoms with Crippen LogP contribution in [0.2, 0.25) is 0 Å². The van der Waals surface area contributed by atoms with Crippen LogP contribution in [0.4, 0.5) is 0 Å². The van der Waals surface area contributed by atoms with Crippen LogP contribution in [0, 0.1) is 0 Å². The van der Waals surface area contributed by atoms with Gasteiger partial charge in [0.15, 0.2) is 0 Å². The van der Waals surface area contributed by atoms with Crippen molar-refractivity contribution in [1.29, 1.82) is 0 Å². The molecule has 0 aliphatic carbocycles. The second kappa shape index (κ2) is 5.46. The van der Waals surface area contributed by atoms with Crippen LogP contribution in [0.1, 0.15) is 6.42 Å². The van der Waals surface area contributed by atoms with Crippen LogP contribution in [0.3, 0.4) is 0 Å². The molecule has 0 aliphatic heterocycles. The maximum Gasteiger partial charge on any atom is 0.243 e. The molecule has 0 heterocycles. The first-order valence-electron chi connectivity index (χ1n) is 3.31. The van der Waals surface area contributed by atoms with Gasteiger partial charge in [0, 0.05) is 20.0 Å². The summed E-state index contributed by atoms with van der Waals surface area (Å²) in [4.78, 5) is 21.1. The molecule has 0 bridgehead atoms. The third kappa shape index (κ3) is 5.14. The molecule has 2 amide bonds. The minimum Gasteiger partial charge on any atom is -0.359 e. The fraction of sp³-hybridized carbons (Fsp3) is 0.429. The molecule has 0 aromatic heterocycles. The minimum absolute atomic E-state index is 0.0886. The Hall–Kier alpha value is -1.32. The second-order valence-corrected chi connectivity index (χ2v) is 1.92. The highest BCUT2D eigenvalue weighted by Crippen LogP contribution is 1.75. The average Bonchev–Trinajstić information content (AvgIpc) is 2.04. The number of carbonyl (C=O) groups is 2. The number of nitrogens with one attached hydrogen (secondary N) is 2. The van der Waals surface area contributed by atoms with Crippen molar-refractivity contribution in [2.24, 2.45) is 0 Å². The highest BCUT2D eigenvalue weighted by Gasteiger charge is 1.97.